The van der Waals surface area contributed by atoms with Crippen LogP contribution in [0, 0.1) is 0 Å². The summed E-state index contributed by atoms with van der Waals surface area (Å²) in [5, 5.41) is 11.2. The van der Waals surface area contributed by atoms with Gasteiger partial charge in [-0.25, -0.2) is 0 Å². The molecule has 0 aliphatic carbocycles. The zero-order valence-electron chi connectivity index (χ0n) is 9.13. The van der Waals surface area contributed by atoms with Crippen LogP contribution < -0.4 is 5.32 Å². The fourth-order valence-corrected chi connectivity index (χ4v) is 1.25. The molecule has 1 N–H and O–H groups in total. The van der Waals surface area contributed by atoms with E-state index >= 15 is 0 Å². The van der Waals surface area contributed by atoms with E-state index in [2.05, 4.69) is 36.3 Å². The maximum atomic E-state index is 5.41. The SMILES string of the molecule is CSCc1nnc(CNC(C)(C)C)o1. The highest BCUT2D eigenvalue weighted by Gasteiger charge is 2.11. The van der Waals surface area contributed by atoms with Gasteiger partial charge in [0.25, 0.3) is 0 Å². The summed E-state index contributed by atoms with van der Waals surface area (Å²) in [5.41, 5.74) is 0.0775. The summed E-state index contributed by atoms with van der Waals surface area (Å²) in [6.07, 6.45) is 2.01. The molecular formula is C9H17N3OS. The largest absolute Gasteiger partial charge is 0.423 e. The molecule has 1 aromatic heterocycles. The number of aromatic nitrogens is 2. The van der Waals surface area contributed by atoms with Crippen molar-refractivity contribution in [3.63, 3.8) is 0 Å². The second-order valence-corrected chi connectivity index (χ2v) is 4.99. The van der Waals surface area contributed by atoms with Gasteiger partial charge in [-0.05, 0) is 27.0 Å². The van der Waals surface area contributed by atoms with E-state index in [1.807, 2.05) is 6.26 Å². The lowest BCUT2D eigenvalue weighted by molar-refractivity contribution is 0.374. The van der Waals surface area contributed by atoms with Crippen molar-refractivity contribution in [2.24, 2.45) is 0 Å². The maximum absolute atomic E-state index is 5.41. The zero-order chi connectivity index (χ0) is 10.6. The topological polar surface area (TPSA) is 51.0 Å². The second kappa shape index (κ2) is 4.79. The van der Waals surface area contributed by atoms with Gasteiger partial charge in [0.2, 0.25) is 11.8 Å². The lowest BCUT2D eigenvalue weighted by Gasteiger charge is -2.18. The number of hydrogen-bond acceptors (Lipinski definition) is 5. The monoisotopic (exact) mass is 215 g/mol. The summed E-state index contributed by atoms with van der Waals surface area (Å²) < 4.78 is 5.41. The van der Waals surface area contributed by atoms with Crippen LogP contribution in [0.3, 0.4) is 0 Å². The van der Waals surface area contributed by atoms with Gasteiger partial charge >= 0.3 is 0 Å². The molecule has 0 bridgehead atoms. The fourth-order valence-electron chi connectivity index (χ4n) is 0.882. The molecule has 0 aromatic carbocycles. The molecule has 0 spiro atoms. The first-order chi connectivity index (χ1) is 6.51. The van der Waals surface area contributed by atoms with E-state index in [0.717, 1.165) is 5.75 Å². The molecule has 1 heterocycles. The highest BCUT2D eigenvalue weighted by molar-refractivity contribution is 7.97. The van der Waals surface area contributed by atoms with Crippen LogP contribution in [-0.2, 0) is 12.3 Å². The molecule has 0 aliphatic rings. The zero-order valence-corrected chi connectivity index (χ0v) is 9.94. The van der Waals surface area contributed by atoms with Gasteiger partial charge in [0, 0.05) is 5.54 Å². The molecule has 0 unspecified atom stereocenters. The van der Waals surface area contributed by atoms with Gasteiger partial charge in [-0.3, -0.25) is 0 Å². The van der Waals surface area contributed by atoms with Crippen LogP contribution in [-0.4, -0.2) is 22.0 Å². The molecule has 0 saturated carbocycles. The van der Waals surface area contributed by atoms with E-state index in [-0.39, 0.29) is 5.54 Å². The van der Waals surface area contributed by atoms with Crippen LogP contribution in [0.5, 0.6) is 0 Å². The van der Waals surface area contributed by atoms with E-state index in [9.17, 15) is 0 Å². The minimum Gasteiger partial charge on any atom is -0.423 e. The number of nitrogens with one attached hydrogen (secondary N) is 1. The molecule has 1 aromatic rings. The second-order valence-electron chi connectivity index (χ2n) is 4.13. The highest BCUT2D eigenvalue weighted by atomic mass is 32.2. The average molecular weight is 215 g/mol. The van der Waals surface area contributed by atoms with Gasteiger partial charge in [-0.2, -0.15) is 11.8 Å². The fraction of sp³-hybridized carbons (Fsp3) is 0.778. The Morgan fingerprint density at radius 1 is 1.29 bits per heavy atom. The standard InChI is InChI=1S/C9H17N3OS/c1-9(2,3)10-5-7-11-12-8(13-7)6-14-4/h10H,5-6H2,1-4H3. The van der Waals surface area contributed by atoms with E-state index in [0.29, 0.717) is 18.3 Å². The van der Waals surface area contributed by atoms with Crippen molar-refractivity contribution >= 4 is 11.8 Å². The molecule has 4 nitrogen and oxygen atoms in total. The van der Waals surface area contributed by atoms with Crippen LogP contribution in [0.4, 0.5) is 0 Å². The summed E-state index contributed by atoms with van der Waals surface area (Å²) >= 11 is 1.68. The molecule has 5 heteroatoms. The average Bonchev–Trinajstić information content (AvgIpc) is 2.49. The van der Waals surface area contributed by atoms with Crippen molar-refractivity contribution in [1.29, 1.82) is 0 Å². The van der Waals surface area contributed by atoms with Gasteiger partial charge in [0.1, 0.15) is 0 Å². The Morgan fingerprint density at radius 3 is 2.50 bits per heavy atom. The predicted octanol–water partition coefficient (Wildman–Crippen LogP) is 1.82. The minimum absolute atomic E-state index is 0.0775. The summed E-state index contributed by atoms with van der Waals surface area (Å²) in [7, 11) is 0. The van der Waals surface area contributed by atoms with E-state index < -0.39 is 0 Å². The van der Waals surface area contributed by atoms with Crippen molar-refractivity contribution < 1.29 is 4.42 Å². The van der Waals surface area contributed by atoms with Gasteiger partial charge in [-0.1, -0.05) is 0 Å². The quantitative estimate of drug-likeness (QED) is 0.830. The van der Waals surface area contributed by atoms with E-state index in [1.54, 1.807) is 11.8 Å². The first kappa shape index (κ1) is 11.5. The Labute approximate surface area is 88.9 Å². The Morgan fingerprint density at radius 2 is 1.93 bits per heavy atom. The third-order valence-electron chi connectivity index (χ3n) is 1.55. The van der Waals surface area contributed by atoms with Crippen LogP contribution >= 0.6 is 11.8 Å². The molecule has 0 fully saturated rings. The number of nitrogens with zero attached hydrogens (tertiary/aromatic N) is 2. The van der Waals surface area contributed by atoms with E-state index in [4.69, 9.17) is 4.42 Å². The van der Waals surface area contributed by atoms with Crippen molar-refractivity contribution in [2.45, 2.75) is 38.6 Å². The lowest BCUT2D eigenvalue weighted by Crippen LogP contribution is -2.35. The summed E-state index contributed by atoms with van der Waals surface area (Å²) in [6.45, 7) is 6.94. The van der Waals surface area contributed by atoms with E-state index in [1.165, 1.54) is 0 Å². The summed E-state index contributed by atoms with van der Waals surface area (Å²) in [4.78, 5) is 0. The molecule has 80 valence electrons. The predicted molar refractivity (Wildman–Crippen MR) is 58.1 cm³/mol. The first-order valence-electron chi connectivity index (χ1n) is 4.56. The molecule has 1 rings (SSSR count). The molecular weight excluding hydrogens is 198 g/mol. The van der Waals surface area contributed by atoms with Crippen LogP contribution in [0.1, 0.15) is 32.6 Å². The molecule has 0 radical (unpaired) electrons. The van der Waals surface area contributed by atoms with Crippen molar-refractivity contribution in [1.82, 2.24) is 15.5 Å². The smallest absolute Gasteiger partial charge is 0.230 e. The van der Waals surface area contributed by atoms with Crippen LogP contribution in [0.15, 0.2) is 4.42 Å². The maximum Gasteiger partial charge on any atom is 0.230 e. The minimum atomic E-state index is 0.0775. The molecule has 0 saturated heterocycles. The van der Waals surface area contributed by atoms with Crippen LogP contribution in [0.2, 0.25) is 0 Å². The highest BCUT2D eigenvalue weighted by Crippen LogP contribution is 2.08. The Balaban J connectivity index is 2.44. The van der Waals surface area contributed by atoms with Gasteiger partial charge in [0.05, 0.1) is 12.3 Å². The van der Waals surface area contributed by atoms with Crippen molar-refractivity contribution in [3.8, 4) is 0 Å². The normalized spacial score (nSPS) is 12.0. The van der Waals surface area contributed by atoms with Gasteiger partial charge in [-0.15, -0.1) is 10.2 Å². The molecule has 0 amide bonds. The third-order valence-corrected chi connectivity index (χ3v) is 2.08. The van der Waals surface area contributed by atoms with Gasteiger partial charge in [0.15, 0.2) is 0 Å². The molecule has 0 atom stereocenters. The number of thioether (sulfide) groups is 1. The third kappa shape index (κ3) is 4.11. The Bertz CT molecular complexity index is 280. The molecule has 14 heavy (non-hydrogen) atoms. The molecule has 0 aliphatic heterocycles. The Hall–Kier alpha value is -0.550. The summed E-state index contributed by atoms with van der Waals surface area (Å²) in [6, 6.07) is 0. The van der Waals surface area contributed by atoms with Gasteiger partial charge < -0.3 is 9.73 Å². The van der Waals surface area contributed by atoms with Crippen LogP contribution in [0.25, 0.3) is 0 Å². The van der Waals surface area contributed by atoms with Crippen molar-refractivity contribution in [2.75, 3.05) is 6.26 Å². The van der Waals surface area contributed by atoms with Crippen molar-refractivity contribution in [3.05, 3.63) is 11.8 Å². The lowest BCUT2D eigenvalue weighted by atomic mass is 10.1. The number of hydrogen-bond donors (Lipinski definition) is 1. The first-order valence-corrected chi connectivity index (χ1v) is 5.96. The number of rotatable bonds is 4. The Kier molecular flexibility index (Phi) is 3.95. The summed E-state index contributed by atoms with van der Waals surface area (Å²) in [5.74, 6) is 2.13.